The first-order valence-corrected chi connectivity index (χ1v) is 7.64. The Morgan fingerprint density at radius 2 is 2.21 bits per heavy atom. The predicted octanol–water partition coefficient (Wildman–Crippen LogP) is 3.70. The minimum absolute atomic E-state index is 0.574. The number of hydrogen-bond donors (Lipinski definition) is 1. The standard InChI is InChI=1S/C16H27N3/c1-4-19-10-6-5-7-15(19)14-8-9-16(18-12-14)17-11-13(2)3/h8-9,12-13,15H,4-7,10-11H2,1-3H3,(H,17,18). The van der Waals surface area contributed by atoms with Crippen LogP contribution in [0.3, 0.4) is 0 Å². The molecule has 1 aliphatic heterocycles. The molecule has 0 amide bonds. The zero-order valence-corrected chi connectivity index (χ0v) is 12.5. The van der Waals surface area contributed by atoms with E-state index in [0.29, 0.717) is 12.0 Å². The topological polar surface area (TPSA) is 28.2 Å². The van der Waals surface area contributed by atoms with Gasteiger partial charge in [-0.2, -0.15) is 0 Å². The van der Waals surface area contributed by atoms with Gasteiger partial charge in [0.05, 0.1) is 0 Å². The summed E-state index contributed by atoms with van der Waals surface area (Å²) in [5, 5.41) is 3.37. The summed E-state index contributed by atoms with van der Waals surface area (Å²) in [6, 6.07) is 4.94. The van der Waals surface area contributed by atoms with Gasteiger partial charge >= 0.3 is 0 Å². The minimum Gasteiger partial charge on any atom is -0.370 e. The second-order valence-corrected chi connectivity index (χ2v) is 5.89. The number of anilines is 1. The van der Waals surface area contributed by atoms with Crippen LogP contribution in [-0.4, -0.2) is 29.5 Å². The summed E-state index contributed by atoms with van der Waals surface area (Å²) in [5.74, 6) is 1.65. The molecule has 1 aliphatic rings. The molecule has 1 aromatic rings. The third kappa shape index (κ3) is 3.93. The Hall–Kier alpha value is -1.09. The Balaban J connectivity index is 2.00. The van der Waals surface area contributed by atoms with E-state index < -0.39 is 0 Å². The molecule has 1 atom stereocenters. The summed E-state index contributed by atoms with van der Waals surface area (Å²) in [4.78, 5) is 7.13. The minimum atomic E-state index is 0.574. The van der Waals surface area contributed by atoms with Crippen molar-refractivity contribution in [1.29, 1.82) is 0 Å². The number of hydrogen-bond acceptors (Lipinski definition) is 3. The van der Waals surface area contributed by atoms with Crippen LogP contribution in [0.25, 0.3) is 0 Å². The van der Waals surface area contributed by atoms with Crippen molar-refractivity contribution in [3.05, 3.63) is 23.9 Å². The van der Waals surface area contributed by atoms with Gasteiger partial charge < -0.3 is 5.32 Å². The fraction of sp³-hybridized carbons (Fsp3) is 0.688. The van der Waals surface area contributed by atoms with Crippen LogP contribution in [0.2, 0.25) is 0 Å². The average molecular weight is 261 g/mol. The van der Waals surface area contributed by atoms with Gasteiger partial charge in [-0.1, -0.05) is 33.3 Å². The lowest BCUT2D eigenvalue weighted by Crippen LogP contribution is -2.33. The monoisotopic (exact) mass is 261 g/mol. The normalized spacial score (nSPS) is 20.7. The van der Waals surface area contributed by atoms with Crippen LogP contribution in [-0.2, 0) is 0 Å². The smallest absolute Gasteiger partial charge is 0.125 e. The van der Waals surface area contributed by atoms with Gasteiger partial charge in [0.1, 0.15) is 5.82 Å². The molecule has 1 saturated heterocycles. The summed E-state index contributed by atoms with van der Waals surface area (Å²) < 4.78 is 0. The van der Waals surface area contributed by atoms with Crippen molar-refractivity contribution in [2.75, 3.05) is 25.0 Å². The SMILES string of the molecule is CCN1CCCCC1c1ccc(NCC(C)C)nc1. The summed E-state index contributed by atoms with van der Waals surface area (Å²) in [7, 11) is 0. The van der Waals surface area contributed by atoms with Crippen LogP contribution in [0.4, 0.5) is 5.82 Å². The lowest BCUT2D eigenvalue weighted by molar-refractivity contribution is 0.157. The largest absolute Gasteiger partial charge is 0.370 e. The van der Waals surface area contributed by atoms with E-state index in [1.807, 2.05) is 0 Å². The number of piperidine rings is 1. The Morgan fingerprint density at radius 3 is 2.84 bits per heavy atom. The molecule has 0 radical (unpaired) electrons. The molecule has 1 fully saturated rings. The lowest BCUT2D eigenvalue weighted by atomic mass is 9.96. The predicted molar refractivity (Wildman–Crippen MR) is 81.4 cm³/mol. The molecule has 1 N–H and O–H groups in total. The molecule has 3 nitrogen and oxygen atoms in total. The maximum Gasteiger partial charge on any atom is 0.125 e. The summed E-state index contributed by atoms with van der Waals surface area (Å²) in [6.07, 6.45) is 6.01. The van der Waals surface area contributed by atoms with E-state index >= 15 is 0 Å². The quantitative estimate of drug-likeness (QED) is 0.876. The van der Waals surface area contributed by atoms with Crippen LogP contribution >= 0.6 is 0 Å². The molecule has 2 rings (SSSR count). The Kier molecular flexibility index (Phi) is 5.20. The van der Waals surface area contributed by atoms with E-state index in [-0.39, 0.29) is 0 Å². The molecule has 0 aliphatic carbocycles. The van der Waals surface area contributed by atoms with E-state index in [9.17, 15) is 0 Å². The third-order valence-corrected chi connectivity index (χ3v) is 3.88. The highest BCUT2D eigenvalue weighted by atomic mass is 15.2. The van der Waals surface area contributed by atoms with Gasteiger partial charge in [-0.05, 0) is 43.5 Å². The molecule has 106 valence electrons. The van der Waals surface area contributed by atoms with Gasteiger partial charge in [0.2, 0.25) is 0 Å². The molecule has 3 heteroatoms. The average Bonchev–Trinajstić information content (AvgIpc) is 2.45. The molecule has 1 unspecified atom stereocenters. The van der Waals surface area contributed by atoms with Gasteiger partial charge in [-0.15, -0.1) is 0 Å². The van der Waals surface area contributed by atoms with E-state index in [1.54, 1.807) is 0 Å². The maximum absolute atomic E-state index is 4.56. The van der Waals surface area contributed by atoms with E-state index in [4.69, 9.17) is 0 Å². The summed E-state index contributed by atoms with van der Waals surface area (Å²) in [6.45, 7) is 10.0. The second-order valence-electron chi connectivity index (χ2n) is 5.89. The van der Waals surface area contributed by atoms with Gasteiger partial charge in [0.25, 0.3) is 0 Å². The van der Waals surface area contributed by atoms with Gasteiger partial charge in [-0.3, -0.25) is 4.90 Å². The van der Waals surface area contributed by atoms with Gasteiger partial charge in [0, 0.05) is 18.8 Å². The summed E-state index contributed by atoms with van der Waals surface area (Å²) in [5.41, 5.74) is 1.37. The fourth-order valence-electron chi connectivity index (χ4n) is 2.76. The number of nitrogens with one attached hydrogen (secondary N) is 1. The number of pyridine rings is 1. The van der Waals surface area contributed by atoms with Crippen molar-refractivity contribution >= 4 is 5.82 Å². The van der Waals surface area contributed by atoms with Crippen molar-refractivity contribution in [2.24, 2.45) is 5.92 Å². The van der Waals surface area contributed by atoms with Gasteiger partial charge in [-0.25, -0.2) is 4.98 Å². The Bertz CT molecular complexity index is 372. The molecule has 0 aromatic carbocycles. The van der Waals surface area contributed by atoms with Crippen molar-refractivity contribution < 1.29 is 0 Å². The molecule has 0 spiro atoms. The molecular weight excluding hydrogens is 234 g/mol. The van der Waals surface area contributed by atoms with Crippen LogP contribution in [0.1, 0.15) is 51.6 Å². The Morgan fingerprint density at radius 1 is 1.37 bits per heavy atom. The van der Waals surface area contributed by atoms with Crippen molar-refractivity contribution in [3.8, 4) is 0 Å². The molecule has 2 heterocycles. The first kappa shape index (κ1) is 14.3. The first-order chi connectivity index (χ1) is 9.20. The lowest BCUT2D eigenvalue weighted by Gasteiger charge is -2.35. The number of nitrogens with zero attached hydrogens (tertiary/aromatic N) is 2. The fourth-order valence-corrected chi connectivity index (χ4v) is 2.76. The highest BCUT2D eigenvalue weighted by Gasteiger charge is 2.22. The van der Waals surface area contributed by atoms with Crippen LogP contribution in [0.5, 0.6) is 0 Å². The molecule has 1 aromatic heterocycles. The van der Waals surface area contributed by atoms with Gasteiger partial charge in [0.15, 0.2) is 0 Å². The van der Waals surface area contributed by atoms with E-state index in [2.05, 4.69) is 54.3 Å². The molecule has 0 saturated carbocycles. The second kappa shape index (κ2) is 6.90. The highest BCUT2D eigenvalue weighted by molar-refractivity contribution is 5.36. The molecular formula is C16H27N3. The Labute approximate surface area is 117 Å². The van der Waals surface area contributed by atoms with Crippen LogP contribution < -0.4 is 5.32 Å². The number of rotatable bonds is 5. The van der Waals surface area contributed by atoms with E-state index in [1.165, 1.54) is 31.4 Å². The number of likely N-dealkylation sites (tertiary alicyclic amines) is 1. The van der Waals surface area contributed by atoms with Crippen molar-refractivity contribution in [2.45, 2.75) is 46.1 Å². The summed E-state index contributed by atoms with van der Waals surface area (Å²) >= 11 is 0. The van der Waals surface area contributed by atoms with Crippen molar-refractivity contribution in [3.63, 3.8) is 0 Å². The maximum atomic E-state index is 4.56. The van der Waals surface area contributed by atoms with Crippen LogP contribution in [0.15, 0.2) is 18.3 Å². The number of aromatic nitrogens is 1. The van der Waals surface area contributed by atoms with E-state index in [0.717, 1.165) is 18.9 Å². The van der Waals surface area contributed by atoms with Crippen LogP contribution in [0, 0.1) is 5.92 Å². The molecule has 0 bridgehead atoms. The first-order valence-electron chi connectivity index (χ1n) is 7.64. The van der Waals surface area contributed by atoms with Crippen molar-refractivity contribution in [1.82, 2.24) is 9.88 Å². The third-order valence-electron chi connectivity index (χ3n) is 3.88. The zero-order chi connectivity index (χ0) is 13.7. The zero-order valence-electron chi connectivity index (χ0n) is 12.5. The molecule has 19 heavy (non-hydrogen) atoms. The highest BCUT2D eigenvalue weighted by Crippen LogP contribution is 2.30.